The third-order valence-corrected chi connectivity index (χ3v) is 10.8. The molecule has 2 unspecified atom stereocenters. The Bertz CT molecular complexity index is 1360. The summed E-state index contributed by atoms with van der Waals surface area (Å²) in [6, 6.07) is 10.8. The molecule has 4 heterocycles. The molecule has 9 nitrogen and oxygen atoms in total. The summed E-state index contributed by atoms with van der Waals surface area (Å²) in [5.41, 5.74) is 8.10. The van der Waals surface area contributed by atoms with Crippen LogP contribution >= 0.6 is 0 Å². The monoisotopic (exact) mass is 598 g/mol. The molecule has 2 bridgehead atoms. The molecule has 2 atom stereocenters. The van der Waals surface area contributed by atoms with Gasteiger partial charge < -0.3 is 26.2 Å². The average Bonchev–Trinajstić information content (AvgIpc) is 3.86. The van der Waals surface area contributed by atoms with Crippen molar-refractivity contribution in [2.24, 2.45) is 11.7 Å². The number of Topliss-reactive ketones (excluding diaryl/α,β-unsaturated/α-hetero) is 1. The maximum atomic E-state index is 13.5. The molecule has 5 fully saturated rings. The van der Waals surface area contributed by atoms with Gasteiger partial charge >= 0.3 is 0 Å². The molecule has 9 heteroatoms. The molecule has 2 aromatic rings. The first-order chi connectivity index (χ1) is 21.4. The Hall–Kier alpha value is -3.46. The third-order valence-electron chi connectivity index (χ3n) is 10.8. The van der Waals surface area contributed by atoms with Crippen LogP contribution in [-0.2, 0) is 0 Å². The van der Waals surface area contributed by atoms with Crippen molar-refractivity contribution < 1.29 is 14.4 Å². The summed E-state index contributed by atoms with van der Waals surface area (Å²) in [5.74, 6) is 0.746. The van der Waals surface area contributed by atoms with Gasteiger partial charge in [0.05, 0.1) is 5.56 Å². The van der Waals surface area contributed by atoms with Gasteiger partial charge in [0.1, 0.15) is 5.82 Å². The first kappa shape index (κ1) is 29.3. The van der Waals surface area contributed by atoms with E-state index in [9.17, 15) is 14.4 Å². The van der Waals surface area contributed by atoms with Gasteiger partial charge in [0.2, 0.25) is 0 Å². The van der Waals surface area contributed by atoms with Crippen LogP contribution in [-0.4, -0.2) is 70.8 Å². The van der Waals surface area contributed by atoms with E-state index in [1.165, 1.54) is 32.4 Å². The number of pyridine rings is 1. The number of amides is 2. The lowest BCUT2D eigenvalue weighted by molar-refractivity contribution is 0.0924. The smallest absolute Gasteiger partial charge is 0.251 e. The van der Waals surface area contributed by atoms with E-state index in [1.807, 2.05) is 18.2 Å². The zero-order valence-electron chi connectivity index (χ0n) is 25.7. The molecule has 3 aliphatic heterocycles. The maximum absolute atomic E-state index is 13.5. The number of ketones is 1. The Kier molecular flexibility index (Phi) is 8.31. The zero-order valence-corrected chi connectivity index (χ0v) is 25.7. The number of fused-ring (bicyclic) bond motifs is 2. The molecule has 4 N–H and O–H groups in total. The molecule has 1 aromatic carbocycles. The second kappa shape index (κ2) is 12.5. The Balaban J connectivity index is 0.968. The first-order valence-electron chi connectivity index (χ1n) is 17.0. The van der Waals surface area contributed by atoms with Crippen molar-refractivity contribution in [3.8, 4) is 0 Å². The summed E-state index contributed by atoms with van der Waals surface area (Å²) in [5, 5.41) is 6.88. The molecular formula is C35H46N6O3. The van der Waals surface area contributed by atoms with Gasteiger partial charge in [-0.05, 0) is 120 Å². The fourth-order valence-electron chi connectivity index (χ4n) is 8.31. The lowest BCUT2D eigenvalue weighted by Crippen LogP contribution is -2.50. The van der Waals surface area contributed by atoms with Crippen LogP contribution in [0.2, 0.25) is 0 Å². The average molecular weight is 599 g/mol. The largest absolute Gasteiger partial charge is 0.382 e. The van der Waals surface area contributed by atoms with Crippen molar-refractivity contribution in [3.63, 3.8) is 0 Å². The quantitative estimate of drug-likeness (QED) is 0.351. The van der Waals surface area contributed by atoms with Gasteiger partial charge in [0.15, 0.2) is 5.78 Å². The summed E-state index contributed by atoms with van der Waals surface area (Å²) in [6.45, 7) is 2.44. The normalized spacial score (nSPS) is 28.8. The highest BCUT2D eigenvalue weighted by Crippen LogP contribution is 2.39. The molecule has 2 saturated carbocycles. The lowest BCUT2D eigenvalue weighted by Gasteiger charge is -2.40. The molecule has 3 saturated heterocycles. The molecule has 44 heavy (non-hydrogen) atoms. The second-order valence-corrected chi connectivity index (χ2v) is 13.8. The number of aromatic nitrogens is 1. The van der Waals surface area contributed by atoms with E-state index in [-0.39, 0.29) is 29.7 Å². The summed E-state index contributed by atoms with van der Waals surface area (Å²) in [7, 11) is 0. The maximum Gasteiger partial charge on any atom is 0.251 e. The SMILES string of the molecule is NC(=O)c1ccc(C(=O)NC2CC3CCC(C2)N3c2ccc(C(=O)C3CC3)cn2)cc1NC1CCC(N2CCCCC2)CC1. The van der Waals surface area contributed by atoms with Gasteiger partial charge in [-0.25, -0.2) is 4.98 Å². The van der Waals surface area contributed by atoms with Gasteiger partial charge in [0.25, 0.3) is 11.8 Å². The Morgan fingerprint density at radius 1 is 0.773 bits per heavy atom. The number of carbonyl (C=O) groups excluding carboxylic acids is 3. The molecule has 5 aliphatic rings. The van der Waals surface area contributed by atoms with Crippen LogP contribution in [0.1, 0.15) is 115 Å². The van der Waals surface area contributed by atoms with Crippen LogP contribution in [0.5, 0.6) is 0 Å². The summed E-state index contributed by atoms with van der Waals surface area (Å²) in [4.78, 5) is 47.9. The van der Waals surface area contributed by atoms with Crippen molar-refractivity contribution in [2.45, 2.75) is 114 Å². The van der Waals surface area contributed by atoms with Crippen LogP contribution in [0.3, 0.4) is 0 Å². The molecular weight excluding hydrogens is 552 g/mol. The third kappa shape index (κ3) is 6.21. The molecule has 0 radical (unpaired) electrons. The van der Waals surface area contributed by atoms with Crippen LogP contribution < -0.4 is 21.3 Å². The van der Waals surface area contributed by atoms with E-state index in [2.05, 4.69) is 25.4 Å². The highest BCUT2D eigenvalue weighted by atomic mass is 16.2. The second-order valence-electron chi connectivity index (χ2n) is 13.8. The fraction of sp³-hybridized carbons (Fsp3) is 0.600. The topological polar surface area (TPSA) is 121 Å². The Morgan fingerprint density at radius 2 is 1.45 bits per heavy atom. The predicted octanol–water partition coefficient (Wildman–Crippen LogP) is 4.91. The van der Waals surface area contributed by atoms with E-state index in [0.717, 1.165) is 70.0 Å². The van der Waals surface area contributed by atoms with E-state index >= 15 is 0 Å². The van der Waals surface area contributed by atoms with Crippen molar-refractivity contribution in [1.29, 1.82) is 0 Å². The van der Waals surface area contributed by atoms with Crippen molar-refractivity contribution in [2.75, 3.05) is 23.3 Å². The number of carbonyl (C=O) groups is 3. The molecule has 2 amide bonds. The van der Waals surface area contributed by atoms with Crippen LogP contribution in [0, 0.1) is 5.92 Å². The Morgan fingerprint density at radius 3 is 2.09 bits per heavy atom. The molecule has 234 valence electrons. The van der Waals surface area contributed by atoms with Crippen molar-refractivity contribution in [1.82, 2.24) is 15.2 Å². The summed E-state index contributed by atoms with van der Waals surface area (Å²) in [6.07, 6.45) is 16.0. The number of rotatable bonds is 9. The number of nitrogens with zero attached hydrogens (tertiary/aromatic N) is 3. The van der Waals surface area contributed by atoms with Gasteiger partial charge in [0, 0.05) is 59.1 Å². The van der Waals surface area contributed by atoms with Gasteiger partial charge in [-0.15, -0.1) is 0 Å². The number of hydrogen-bond acceptors (Lipinski definition) is 7. The number of nitrogens with one attached hydrogen (secondary N) is 2. The number of primary amides is 1. The summed E-state index contributed by atoms with van der Waals surface area (Å²) >= 11 is 0. The van der Waals surface area contributed by atoms with Gasteiger partial charge in [-0.1, -0.05) is 6.42 Å². The first-order valence-corrected chi connectivity index (χ1v) is 17.0. The highest BCUT2D eigenvalue weighted by Gasteiger charge is 2.42. The Labute approximate surface area is 260 Å². The number of hydrogen-bond donors (Lipinski definition) is 3. The molecule has 1 aromatic heterocycles. The minimum atomic E-state index is -0.482. The molecule has 2 aliphatic carbocycles. The number of benzene rings is 1. The lowest BCUT2D eigenvalue weighted by atomic mass is 9.88. The minimum absolute atomic E-state index is 0.0734. The zero-order chi connectivity index (χ0) is 30.2. The van der Waals surface area contributed by atoms with Crippen LogP contribution in [0.15, 0.2) is 36.5 Å². The highest BCUT2D eigenvalue weighted by molar-refractivity contribution is 6.02. The van der Waals surface area contributed by atoms with Crippen LogP contribution in [0.25, 0.3) is 0 Å². The van der Waals surface area contributed by atoms with Crippen molar-refractivity contribution >= 4 is 29.1 Å². The summed E-state index contributed by atoms with van der Waals surface area (Å²) < 4.78 is 0. The molecule has 7 rings (SSSR count). The van der Waals surface area contributed by atoms with Gasteiger partial charge in [-0.3, -0.25) is 14.4 Å². The van der Waals surface area contributed by atoms with Crippen molar-refractivity contribution in [3.05, 3.63) is 53.2 Å². The van der Waals surface area contributed by atoms with E-state index in [4.69, 9.17) is 5.73 Å². The fourth-order valence-corrected chi connectivity index (χ4v) is 8.31. The van der Waals surface area contributed by atoms with Crippen LogP contribution in [0.4, 0.5) is 11.5 Å². The minimum Gasteiger partial charge on any atom is -0.382 e. The van der Waals surface area contributed by atoms with E-state index in [1.54, 1.807) is 18.3 Å². The molecule has 0 spiro atoms. The number of likely N-dealkylation sites (tertiary alicyclic amines) is 1. The number of anilines is 2. The number of piperidine rings is 2. The number of nitrogens with two attached hydrogens (primary N) is 1. The van der Waals surface area contributed by atoms with E-state index in [0.29, 0.717) is 40.5 Å². The standard InChI is InChI=1S/C35H46N6O3/c36-34(43)30-14-6-23(18-31(30)38-25-8-10-27(11-9-25)40-16-2-1-3-17-40)35(44)39-26-19-28-12-13-29(20-26)41(28)32-15-7-24(21-37-32)33(42)22-4-5-22/h6-7,14-15,18,21-22,25-29,38H,1-5,8-13,16-17,19-20H2,(H2,36,43)(H,39,44). The van der Waals surface area contributed by atoms with Gasteiger partial charge in [-0.2, -0.15) is 0 Å². The predicted molar refractivity (Wildman–Crippen MR) is 171 cm³/mol. The van der Waals surface area contributed by atoms with E-state index < -0.39 is 5.91 Å².